The summed E-state index contributed by atoms with van der Waals surface area (Å²) in [6, 6.07) is 14.5. The molecule has 0 saturated carbocycles. The van der Waals surface area contributed by atoms with Crippen LogP contribution in [-0.2, 0) is 4.74 Å². The summed E-state index contributed by atoms with van der Waals surface area (Å²) >= 11 is 0. The average Bonchev–Trinajstić information content (AvgIpc) is 2.74. The van der Waals surface area contributed by atoms with E-state index >= 15 is 0 Å². The highest BCUT2D eigenvalue weighted by Crippen LogP contribution is 2.27. The first-order valence-corrected chi connectivity index (χ1v) is 9.14. The largest absolute Gasteiger partial charge is 0.465 e. The lowest BCUT2D eigenvalue weighted by atomic mass is 10.1. The zero-order valence-electron chi connectivity index (χ0n) is 15.8. The summed E-state index contributed by atoms with van der Waals surface area (Å²) < 4.78 is 4.81. The second-order valence-electron chi connectivity index (χ2n) is 6.55. The lowest BCUT2D eigenvalue weighted by Gasteiger charge is -2.36. The normalized spacial score (nSPS) is 15.0. The highest BCUT2D eigenvalue weighted by molar-refractivity contribution is 5.96. The monoisotopic (exact) mass is 381 g/mol. The summed E-state index contributed by atoms with van der Waals surface area (Å²) in [5.74, 6) is -0.563. The van der Waals surface area contributed by atoms with Crippen molar-refractivity contribution in [3.8, 4) is 0 Å². The molecule has 3 rings (SSSR count). The van der Waals surface area contributed by atoms with E-state index in [2.05, 4.69) is 34.1 Å². The number of esters is 1. The number of carbonyl (C=O) groups is 1. The quantitative estimate of drug-likeness (QED) is 0.434. The highest BCUT2D eigenvalue weighted by Gasteiger charge is 2.23. The molecule has 0 spiro atoms. The van der Waals surface area contributed by atoms with Crippen molar-refractivity contribution in [2.45, 2.75) is 0 Å². The van der Waals surface area contributed by atoms with Crippen molar-refractivity contribution in [1.29, 1.82) is 0 Å². The Morgan fingerprint density at radius 1 is 1.14 bits per heavy atom. The topological polar surface area (TPSA) is 75.9 Å². The van der Waals surface area contributed by atoms with Crippen LogP contribution in [0.4, 0.5) is 11.4 Å². The fourth-order valence-corrected chi connectivity index (χ4v) is 3.26. The molecule has 0 radical (unpaired) electrons. The molecule has 2 aromatic rings. The van der Waals surface area contributed by atoms with E-state index in [9.17, 15) is 14.9 Å². The van der Waals surface area contributed by atoms with Gasteiger partial charge in [-0.25, -0.2) is 4.79 Å². The molecule has 2 aromatic carbocycles. The number of hydrogen-bond acceptors (Lipinski definition) is 6. The number of carbonyl (C=O) groups excluding carboxylic acids is 1. The second-order valence-corrected chi connectivity index (χ2v) is 6.55. The van der Waals surface area contributed by atoms with E-state index < -0.39 is 10.9 Å². The van der Waals surface area contributed by atoms with Crippen LogP contribution in [0.5, 0.6) is 0 Å². The summed E-state index contributed by atoms with van der Waals surface area (Å²) in [5, 5.41) is 11.0. The van der Waals surface area contributed by atoms with Crippen LogP contribution in [0.3, 0.4) is 0 Å². The molecule has 0 atom stereocenters. The molecule has 0 unspecified atom stereocenters. The highest BCUT2D eigenvalue weighted by atomic mass is 16.6. The van der Waals surface area contributed by atoms with Crippen LogP contribution in [0.1, 0.15) is 15.9 Å². The average molecular weight is 381 g/mol. The molecule has 1 fully saturated rings. The Hall–Kier alpha value is -3.19. The van der Waals surface area contributed by atoms with E-state index in [1.54, 1.807) is 6.07 Å². The molecular weight excluding hydrogens is 358 g/mol. The number of benzene rings is 2. The Bertz CT molecular complexity index is 859. The van der Waals surface area contributed by atoms with Gasteiger partial charge in [0.2, 0.25) is 0 Å². The van der Waals surface area contributed by atoms with Gasteiger partial charge in [-0.1, -0.05) is 42.5 Å². The van der Waals surface area contributed by atoms with E-state index in [0.717, 1.165) is 32.7 Å². The summed E-state index contributed by atoms with van der Waals surface area (Å²) in [5.41, 5.74) is 1.97. The number of nitro benzene ring substituents is 1. The maximum Gasteiger partial charge on any atom is 0.340 e. The van der Waals surface area contributed by atoms with Crippen LogP contribution in [0.15, 0.2) is 54.6 Å². The molecule has 1 aliphatic rings. The second kappa shape index (κ2) is 9.14. The molecule has 1 saturated heterocycles. The van der Waals surface area contributed by atoms with Gasteiger partial charge in [-0.05, 0) is 11.6 Å². The number of methoxy groups -OCH3 is 1. The first kappa shape index (κ1) is 19.6. The van der Waals surface area contributed by atoms with Crippen molar-refractivity contribution in [2.24, 2.45) is 0 Å². The minimum Gasteiger partial charge on any atom is -0.465 e. The minimum absolute atomic E-state index is 0.117. The molecule has 146 valence electrons. The molecule has 1 heterocycles. The predicted octanol–water partition coefficient (Wildman–Crippen LogP) is 3.22. The molecule has 0 aromatic heterocycles. The Morgan fingerprint density at radius 2 is 1.86 bits per heavy atom. The van der Waals surface area contributed by atoms with Crippen LogP contribution in [0, 0.1) is 10.1 Å². The molecule has 1 aliphatic heterocycles. The molecule has 0 amide bonds. The van der Waals surface area contributed by atoms with Crippen LogP contribution in [0.2, 0.25) is 0 Å². The number of piperazine rings is 1. The molecule has 0 N–H and O–H groups in total. The van der Waals surface area contributed by atoms with Crippen molar-refractivity contribution in [3.63, 3.8) is 0 Å². The zero-order chi connectivity index (χ0) is 19.9. The standard InChI is InChI=1S/C21H23N3O4/c1-28-21(25)19-16-18(24(26)27)9-10-20(19)23-14-12-22(13-15-23)11-5-8-17-6-3-2-4-7-17/h2-10,16H,11-15H2,1H3/b8-5+. The molecule has 7 heteroatoms. The maximum atomic E-state index is 12.1. The van der Waals surface area contributed by atoms with Gasteiger partial charge < -0.3 is 9.64 Å². The lowest BCUT2D eigenvalue weighted by molar-refractivity contribution is -0.384. The number of ether oxygens (including phenoxy) is 1. The summed E-state index contributed by atoms with van der Waals surface area (Å²) in [6.07, 6.45) is 4.26. The number of anilines is 1. The van der Waals surface area contributed by atoms with Gasteiger partial charge in [0.1, 0.15) is 0 Å². The van der Waals surface area contributed by atoms with Crippen LogP contribution < -0.4 is 4.90 Å². The molecule has 0 bridgehead atoms. The lowest BCUT2D eigenvalue weighted by Crippen LogP contribution is -2.46. The molecule has 28 heavy (non-hydrogen) atoms. The number of rotatable bonds is 6. The zero-order valence-corrected chi connectivity index (χ0v) is 15.8. The molecule has 7 nitrogen and oxygen atoms in total. The third-order valence-electron chi connectivity index (χ3n) is 4.78. The third-order valence-corrected chi connectivity index (χ3v) is 4.78. The van der Waals surface area contributed by atoms with Crippen molar-refractivity contribution in [1.82, 2.24) is 4.90 Å². The van der Waals surface area contributed by atoms with Gasteiger partial charge in [0, 0.05) is 44.9 Å². The summed E-state index contributed by atoms with van der Waals surface area (Å²) in [7, 11) is 1.28. The first-order chi connectivity index (χ1) is 13.6. The van der Waals surface area contributed by atoms with Crippen molar-refractivity contribution < 1.29 is 14.5 Å². The van der Waals surface area contributed by atoms with Crippen LogP contribution in [0.25, 0.3) is 6.08 Å². The Morgan fingerprint density at radius 3 is 2.50 bits per heavy atom. The Kier molecular flexibility index (Phi) is 6.39. The maximum absolute atomic E-state index is 12.1. The van der Waals surface area contributed by atoms with Gasteiger partial charge in [0.25, 0.3) is 5.69 Å². The summed E-state index contributed by atoms with van der Waals surface area (Å²) in [6.45, 7) is 4.02. The minimum atomic E-state index is -0.563. The van der Waals surface area contributed by atoms with E-state index in [-0.39, 0.29) is 11.3 Å². The van der Waals surface area contributed by atoms with Crippen molar-refractivity contribution >= 4 is 23.4 Å². The van der Waals surface area contributed by atoms with Crippen LogP contribution in [-0.4, -0.2) is 55.6 Å². The summed E-state index contributed by atoms with van der Waals surface area (Å²) in [4.78, 5) is 27.0. The predicted molar refractivity (Wildman–Crippen MR) is 109 cm³/mol. The van der Waals surface area contributed by atoms with E-state index in [1.165, 1.54) is 24.8 Å². The molecule has 0 aliphatic carbocycles. The van der Waals surface area contributed by atoms with Gasteiger partial charge in [-0.2, -0.15) is 0 Å². The smallest absolute Gasteiger partial charge is 0.340 e. The first-order valence-electron chi connectivity index (χ1n) is 9.14. The Labute approximate surface area is 164 Å². The van der Waals surface area contributed by atoms with Gasteiger partial charge >= 0.3 is 5.97 Å². The fourth-order valence-electron chi connectivity index (χ4n) is 3.26. The van der Waals surface area contributed by atoms with Crippen molar-refractivity contribution in [2.75, 3.05) is 44.7 Å². The number of nitrogens with zero attached hydrogens (tertiary/aromatic N) is 3. The third kappa shape index (κ3) is 4.75. The number of hydrogen-bond donors (Lipinski definition) is 0. The SMILES string of the molecule is COC(=O)c1cc([N+](=O)[O-])ccc1N1CCN(C/C=C/c2ccccc2)CC1. The Balaban J connectivity index is 1.63. The van der Waals surface area contributed by atoms with Crippen LogP contribution >= 0.6 is 0 Å². The van der Waals surface area contributed by atoms with E-state index in [4.69, 9.17) is 4.74 Å². The number of nitro groups is 1. The molecular formula is C21H23N3O4. The van der Waals surface area contributed by atoms with Gasteiger partial charge in [0.05, 0.1) is 23.3 Å². The van der Waals surface area contributed by atoms with Crippen molar-refractivity contribution in [3.05, 3.63) is 75.8 Å². The van der Waals surface area contributed by atoms with E-state index in [0.29, 0.717) is 5.69 Å². The number of non-ortho nitro benzene ring substituents is 1. The fraction of sp³-hybridized carbons (Fsp3) is 0.286. The van der Waals surface area contributed by atoms with Gasteiger partial charge in [-0.3, -0.25) is 15.0 Å². The van der Waals surface area contributed by atoms with Gasteiger partial charge in [0.15, 0.2) is 0 Å². The van der Waals surface area contributed by atoms with E-state index in [1.807, 2.05) is 18.2 Å². The van der Waals surface area contributed by atoms with Gasteiger partial charge in [-0.15, -0.1) is 0 Å².